The zero-order valence-electron chi connectivity index (χ0n) is 13.7. The molecule has 2 aliphatic heterocycles. The maximum Gasteiger partial charge on any atom is 0.329 e. The van der Waals surface area contributed by atoms with Crippen LogP contribution in [0.15, 0.2) is 54.6 Å². The van der Waals surface area contributed by atoms with Crippen LogP contribution in [0, 0.1) is 0 Å². The Hall–Kier alpha value is -2.54. The van der Waals surface area contributed by atoms with Crippen molar-refractivity contribution in [3.8, 4) is 5.75 Å². The number of ether oxygens (including phenoxy) is 1. The van der Waals surface area contributed by atoms with E-state index in [9.17, 15) is 13.2 Å². The molecule has 0 saturated carbocycles. The number of para-hydroxylation sites is 3. The monoisotopic (exact) mass is 358 g/mol. The SMILES string of the molecule is COc1ccccc1N1C(=O)N(c2ccccc2)[C@H]2CS(=O)(=O)C[C@H]21. The van der Waals surface area contributed by atoms with Crippen LogP contribution >= 0.6 is 0 Å². The topological polar surface area (TPSA) is 66.9 Å². The molecule has 7 heteroatoms. The highest BCUT2D eigenvalue weighted by atomic mass is 32.2. The summed E-state index contributed by atoms with van der Waals surface area (Å²) >= 11 is 0. The summed E-state index contributed by atoms with van der Waals surface area (Å²) in [7, 11) is -1.67. The second-order valence-electron chi connectivity index (χ2n) is 6.24. The molecule has 0 N–H and O–H groups in total. The predicted molar refractivity (Wildman–Crippen MR) is 96.0 cm³/mol. The van der Waals surface area contributed by atoms with E-state index < -0.39 is 21.9 Å². The van der Waals surface area contributed by atoms with Crippen LogP contribution < -0.4 is 14.5 Å². The van der Waals surface area contributed by atoms with E-state index >= 15 is 0 Å². The van der Waals surface area contributed by atoms with Crippen LogP contribution in [0.25, 0.3) is 0 Å². The molecule has 0 aliphatic carbocycles. The number of nitrogens with zero attached hydrogens (tertiary/aromatic N) is 2. The van der Waals surface area contributed by atoms with Gasteiger partial charge in [-0.2, -0.15) is 0 Å². The van der Waals surface area contributed by atoms with Crippen LogP contribution in [-0.4, -0.2) is 45.1 Å². The zero-order chi connectivity index (χ0) is 17.6. The van der Waals surface area contributed by atoms with Crippen LogP contribution in [-0.2, 0) is 9.84 Å². The van der Waals surface area contributed by atoms with Crippen molar-refractivity contribution in [2.75, 3.05) is 28.4 Å². The Morgan fingerprint density at radius 3 is 2.20 bits per heavy atom. The van der Waals surface area contributed by atoms with E-state index in [1.165, 1.54) is 7.11 Å². The van der Waals surface area contributed by atoms with Gasteiger partial charge in [0.2, 0.25) is 0 Å². The number of urea groups is 1. The highest BCUT2D eigenvalue weighted by Gasteiger charge is 2.54. The first kappa shape index (κ1) is 16.0. The highest BCUT2D eigenvalue weighted by molar-refractivity contribution is 7.91. The molecule has 0 unspecified atom stereocenters. The maximum atomic E-state index is 13.2. The van der Waals surface area contributed by atoms with Crippen molar-refractivity contribution in [3.05, 3.63) is 54.6 Å². The summed E-state index contributed by atoms with van der Waals surface area (Å²) in [5.74, 6) is 0.489. The van der Waals surface area contributed by atoms with Crippen LogP contribution in [0.5, 0.6) is 5.75 Å². The first-order chi connectivity index (χ1) is 12.0. The Bertz CT molecular complexity index is 914. The first-order valence-electron chi connectivity index (χ1n) is 8.03. The van der Waals surface area contributed by atoms with Gasteiger partial charge in [-0.15, -0.1) is 0 Å². The molecule has 2 aliphatic rings. The normalized spacial score (nSPS) is 24.4. The van der Waals surface area contributed by atoms with Gasteiger partial charge in [0, 0.05) is 5.69 Å². The number of rotatable bonds is 3. The molecule has 0 bridgehead atoms. The van der Waals surface area contributed by atoms with Gasteiger partial charge >= 0.3 is 6.03 Å². The molecule has 0 aromatic heterocycles. The number of anilines is 2. The smallest absolute Gasteiger partial charge is 0.329 e. The standard InChI is InChI=1S/C18H18N2O4S/c1-24-17-10-6-5-9-14(17)20-16-12-25(22,23)11-15(16)19(18(20)21)13-7-3-2-4-8-13/h2-10,15-16H,11-12H2,1H3/t15-,16+/m0/s1. The third-order valence-corrected chi connectivity index (χ3v) is 6.45. The van der Waals surface area contributed by atoms with Crippen LogP contribution in [0.4, 0.5) is 16.2 Å². The Morgan fingerprint density at radius 2 is 1.52 bits per heavy atom. The molecule has 0 spiro atoms. The second kappa shape index (κ2) is 5.77. The van der Waals surface area contributed by atoms with Crippen LogP contribution in [0.1, 0.15) is 0 Å². The minimum Gasteiger partial charge on any atom is -0.495 e. The van der Waals surface area contributed by atoms with Gasteiger partial charge < -0.3 is 4.74 Å². The van der Waals surface area contributed by atoms with Gasteiger partial charge in [-0.25, -0.2) is 13.2 Å². The van der Waals surface area contributed by atoms with Crippen LogP contribution in [0.3, 0.4) is 0 Å². The molecule has 2 saturated heterocycles. The summed E-state index contributed by atoms with van der Waals surface area (Å²) in [5.41, 5.74) is 1.30. The fourth-order valence-corrected chi connectivity index (χ4v) is 5.62. The summed E-state index contributed by atoms with van der Waals surface area (Å²) in [6.07, 6.45) is 0. The van der Waals surface area contributed by atoms with Crippen molar-refractivity contribution in [2.45, 2.75) is 12.1 Å². The summed E-state index contributed by atoms with van der Waals surface area (Å²) in [5, 5.41) is 0. The number of carbonyl (C=O) groups excluding carboxylic acids is 1. The average Bonchev–Trinajstić information content (AvgIpc) is 3.04. The number of hydrogen-bond acceptors (Lipinski definition) is 4. The summed E-state index contributed by atoms with van der Waals surface area (Å²) < 4.78 is 29.9. The number of hydrogen-bond donors (Lipinski definition) is 0. The lowest BCUT2D eigenvalue weighted by Gasteiger charge is -2.24. The molecule has 2 aromatic rings. The first-order valence-corrected chi connectivity index (χ1v) is 9.85. The molecule has 2 atom stereocenters. The van der Waals surface area contributed by atoms with Gasteiger partial charge in [0.15, 0.2) is 9.84 Å². The number of carbonyl (C=O) groups is 1. The molecule has 2 aromatic carbocycles. The highest BCUT2D eigenvalue weighted by Crippen LogP contribution is 2.40. The van der Waals surface area contributed by atoms with Gasteiger partial charge in [-0.3, -0.25) is 9.80 Å². The lowest BCUT2D eigenvalue weighted by atomic mass is 10.1. The lowest BCUT2D eigenvalue weighted by Crippen LogP contribution is -2.38. The third kappa shape index (κ3) is 2.55. The molecule has 2 amide bonds. The molecule has 25 heavy (non-hydrogen) atoms. The van der Waals surface area contributed by atoms with E-state index in [0.29, 0.717) is 17.1 Å². The van der Waals surface area contributed by atoms with E-state index in [2.05, 4.69) is 0 Å². The lowest BCUT2D eigenvalue weighted by molar-refractivity contribution is 0.255. The molecule has 4 rings (SSSR count). The minimum atomic E-state index is -3.21. The molecular weight excluding hydrogens is 340 g/mol. The molecule has 130 valence electrons. The number of benzene rings is 2. The van der Waals surface area contributed by atoms with Gasteiger partial charge in [0.1, 0.15) is 5.75 Å². The molecule has 6 nitrogen and oxygen atoms in total. The quantitative estimate of drug-likeness (QED) is 0.790. The van der Waals surface area contributed by atoms with Gasteiger partial charge in [0.25, 0.3) is 0 Å². The summed E-state index contributed by atoms with van der Waals surface area (Å²) in [4.78, 5) is 16.4. The molecular formula is C18H18N2O4S. The van der Waals surface area contributed by atoms with Crippen molar-refractivity contribution in [2.24, 2.45) is 0 Å². The van der Waals surface area contributed by atoms with Gasteiger partial charge in [-0.05, 0) is 24.3 Å². The van der Waals surface area contributed by atoms with Crippen molar-refractivity contribution in [1.29, 1.82) is 0 Å². The van der Waals surface area contributed by atoms with Crippen molar-refractivity contribution >= 4 is 27.2 Å². The fraction of sp³-hybridized carbons (Fsp3) is 0.278. The number of fused-ring (bicyclic) bond motifs is 1. The van der Waals surface area contributed by atoms with Gasteiger partial charge in [-0.1, -0.05) is 30.3 Å². The van der Waals surface area contributed by atoms with Crippen molar-refractivity contribution in [3.63, 3.8) is 0 Å². The molecule has 2 heterocycles. The van der Waals surface area contributed by atoms with Gasteiger partial charge in [0.05, 0.1) is 36.4 Å². The number of sulfone groups is 1. The van der Waals surface area contributed by atoms with Crippen molar-refractivity contribution < 1.29 is 17.9 Å². The Kier molecular flexibility index (Phi) is 3.68. The summed E-state index contributed by atoms with van der Waals surface area (Å²) in [6, 6.07) is 15.3. The van der Waals surface area contributed by atoms with Crippen molar-refractivity contribution in [1.82, 2.24) is 0 Å². The Balaban J connectivity index is 1.84. The molecule has 0 radical (unpaired) electrons. The minimum absolute atomic E-state index is 0.0239. The average molecular weight is 358 g/mol. The number of methoxy groups -OCH3 is 1. The largest absolute Gasteiger partial charge is 0.495 e. The van der Waals surface area contributed by atoms with E-state index in [1.807, 2.05) is 42.5 Å². The maximum absolute atomic E-state index is 13.2. The van der Waals surface area contributed by atoms with E-state index in [-0.39, 0.29) is 17.5 Å². The third-order valence-electron chi connectivity index (χ3n) is 4.75. The Labute approximate surface area is 146 Å². The van der Waals surface area contributed by atoms with Crippen LogP contribution in [0.2, 0.25) is 0 Å². The second-order valence-corrected chi connectivity index (χ2v) is 8.40. The van der Waals surface area contributed by atoms with E-state index in [1.54, 1.807) is 21.9 Å². The fourth-order valence-electron chi connectivity index (χ4n) is 3.70. The zero-order valence-corrected chi connectivity index (χ0v) is 14.5. The van der Waals surface area contributed by atoms with E-state index in [4.69, 9.17) is 4.74 Å². The Morgan fingerprint density at radius 1 is 0.920 bits per heavy atom. The molecule has 2 fully saturated rings. The summed E-state index contributed by atoms with van der Waals surface area (Å²) in [6.45, 7) is 0. The predicted octanol–water partition coefficient (Wildman–Crippen LogP) is 2.31. The number of amides is 2. The van der Waals surface area contributed by atoms with E-state index in [0.717, 1.165) is 0 Å².